The number of carbonyl (C=O) groups is 2. The highest BCUT2D eigenvalue weighted by Crippen LogP contribution is 2.28. The van der Waals surface area contributed by atoms with Crippen LogP contribution in [-0.4, -0.2) is 35.4 Å². The number of phenolic OH excluding ortho intramolecular Hbond substituents is 2. The summed E-state index contributed by atoms with van der Waals surface area (Å²) in [6.45, 7) is 3.66. The van der Waals surface area contributed by atoms with Crippen LogP contribution in [0.25, 0.3) is 0 Å². The van der Waals surface area contributed by atoms with Crippen molar-refractivity contribution in [3.05, 3.63) is 47.5 Å². The van der Waals surface area contributed by atoms with E-state index < -0.39 is 11.9 Å². The van der Waals surface area contributed by atoms with Crippen LogP contribution < -0.4 is 0 Å². The van der Waals surface area contributed by atoms with Crippen LogP contribution in [0.5, 0.6) is 11.5 Å². The van der Waals surface area contributed by atoms with Crippen LogP contribution >= 0.6 is 0 Å². The molecule has 0 radical (unpaired) electrons. The molecule has 0 heterocycles. The molecular weight excluding hydrogens is 340 g/mol. The normalized spacial score (nSPS) is 10.7. The van der Waals surface area contributed by atoms with Crippen molar-refractivity contribution >= 4 is 23.3 Å². The van der Waals surface area contributed by atoms with E-state index in [4.69, 9.17) is 9.47 Å². The maximum absolute atomic E-state index is 11.8. The lowest BCUT2D eigenvalue weighted by Crippen LogP contribution is -2.04. The number of aromatic hydroxyl groups is 2. The molecule has 0 unspecified atom stereocenters. The van der Waals surface area contributed by atoms with E-state index in [-0.39, 0.29) is 35.8 Å². The Kier molecular flexibility index (Phi) is 6.26. The van der Waals surface area contributed by atoms with Crippen LogP contribution in [-0.2, 0) is 9.47 Å². The van der Waals surface area contributed by atoms with Gasteiger partial charge in [0.15, 0.2) is 0 Å². The molecule has 0 aliphatic carbocycles. The monoisotopic (exact) mass is 358 g/mol. The van der Waals surface area contributed by atoms with E-state index in [9.17, 15) is 19.8 Å². The fourth-order valence-corrected chi connectivity index (χ4v) is 2.03. The molecule has 136 valence electrons. The number of benzene rings is 2. The van der Waals surface area contributed by atoms with Gasteiger partial charge in [0.05, 0.1) is 24.6 Å². The van der Waals surface area contributed by atoms with E-state index in [0.29, 0.717) is 11.4 Å². The summed E-state index contributed by atoms with van der Waals surface area (Å²) in [6.07, 6.45) is 0. The number of phenols is 2. The van der Waals surface area contributed by atoms with Crippen molar-refractivity contribution in [3.63, 3.8) is 0 Å². The third-order valence-electron chi connectivity index (χ3n) is 3.23. The van der Waals surface area contributed by atoms with Crippen LogP contribution in [0.15, 0.2) is 46.6 Å². The van der Waals surface area contributed by atoms with Crippen LogP contribution in [0.2, 0.25) is 0 Å². The van der Waals surface area contributed by atoms with Crippen molar-refractivity contribution < 1.29 is 29.3 Å². The van der Waals surface area contributed by atoms with Gasteiger partial charge in [0.2, 0.25) is 0 Å². The highest BCUT2D eigenvalue weighted by molar-refractivity contribution is 5.94. The van der Waals surface area contributed by atoms with Gasteiger partial charge in [-0.25, -0.2) is 9.59 Å². The highest BCUT2D eigenvalue weighted by atomic mass is 16.5. The number of rotatable bonds is 6. The number of nitrogens with zero attached hydrogens (tertiary/aromatic N) is 2. The van der Waals surface area contributed by atoms with Crippen LogP contribution in [0.3, 0.4) is 0 Å². The average molecular weight is 358 g/mol. The molecule has 8 nitrogen and oxygen atoms in total. The Morgan fingerprint density at radius 2 is 1.19 bits per heavy atom. The number of esters is 2. The minimum Gasteiger partial charge on any atom is -0.507 e. The molecule has 0 aromatic heterocycles. The van der Waals surface area contributed by atoms with Gasteiger partial charge < -0.3 is 19.7 Å². The lowest BCUT2D eigenvalue weighted by atomic mass is 10.2. The number of ether oxygens (including phenoxy) is 2. The first kappa shape index (κ1) is 18.9. The summed E-state index contributed by atoms with van der Waals surface area (Å²) in [5.41, 5.74) is 0.552. The van der Waals surface area contributed by atoms with Gasteiger partial charge in [-0.1, -0.05) is 0 Å². The number of hydrogen-bond donors (Lipinski definition) is 2. The molecule has 0 saturated heterocycles. The zero-order chi connectivity index (χ0) is 19.1. The lowest BCUT2D eigenvalue weighted by molar-refractivity contribution is 0.0513. The molecule has 0 aliphatic rings. The molecule has 0 bridgehead atoms. The van der Waals surface area contributed by atoms with E-state index >= 15 is 0 Å². The smallest absolute Gasteiger partial charge is 0.341 e. The van der Waals surface area contributed by atoms with E-state index in [1.165, 1.54) is 36.4 Å². The van der Waals surface area contributed by atoms with Crippen molar-refractivity contribution in [2.24, 2.45) is 10.2 Å². The molecule has 2 rings (SSSR count). The molecule has 0 spiro atoms. The Balaban J connectivity index is 2.27. The first-order chi connectivity index (χ1) is 12.5. The van der Waals surface area contributed by atoms with Crippen molar-refractivity contribution in [1.29, 1.82) is 0 Å². The zero-order valence-electron chi connectivity index (χ0n) is 14.3. The Morgan fingerprint density at radius 1 is 0.808 bits per heavy atom. The summed E-state index contributed by atoms with van der Waals surface area (Å²) in [6, 6.07) is 8.22. The predicted octanol–water partition coefficient (Wildman–Crippen LogP) is 3.87. The minimum absolute atomic E-state index is 0.0266. The quantitative estimate of drug-likeness (QED) is 0.598. The molecule has 0 fully saturated rings. The Labute approximate surface area is 149 Å². The second kappa shape index (κ2) is 8.61. The average Bonchev–Trinajstić information content (AvgIpc) is 2.62. The maximum Gasteiger partial charge on any atom is 0.341 e. The third kappa shape index (κ3) is 4.56. The molecule has 0 aliphatic heterocycles. The van der Waals surface area contributed by atoms with Gasteiger partial charge in [-0.05, 0) is 50.2 Å². The minimum atomic E-state index is -0.670. The largest absolute Gasteiger partial charge is 0.507 e. The summed E-state index contributed by atoms with van der Waals surface area (Å²) >= 11 is 0. The SMILES string of the molecule is CCOC(=O)c1cc(N=Nc2ccc(O)c(C(=O)OCC)c2)ccc1O. The third-order valence-corrected chi connectivity index (χ3v) is 3.23. The molecular formula is C18H18N2O6. The van der Waals surface area contributed by atoms with Gasteiger partial charge in [0.1, 0.15) is 22.6 Å². The maximum atomic E-state index is 11.8. The molecule has 26 heavy (non-hydrogen) atoms. The van der Waals surface area contributed by atoms with Crippen molar-refractivity contribution in [3.8, 4) is 11.5 Å². The Bertz CT molecular complexity index is 778. The van der Waals surface area contributed by atoms with Gasteiger partial charge in [-0.2, -0.15) is 10.2 Å². The fourth-order valence-electron chi connectivity index (χ4n) is 2.03. The van der Waals surface area contributed by atoms with Gasteiger partial charge in [-0.15, -0.1) is 0 Å². The molecule has 0 atom stereocenters. The van der Waals surface area contributed by atoms with E-state index in [1.807, 2.05) is 0 Å². The zero-order valence-corrected chi connectivity index (χ0v) is 14.3. The van der Waals surface area contributed by atoms with Crippen molar-refractivity contribution in [1.82, 2.24) is 0 Å². The molecule has 2 aromatic rings. The predicted molar refractivity (Wildman–Crippen MR) is 92.3 cm³/mol. The Morgan fingerprint density at radius 3 is 1.54 bits per heavy atom. The number of hydrogen-bond acceptors (Lipinski definition) is 8. The van der Waals surface area contributed by atoms with E-state index in [1.54, 1.807) is 13.8 Å². The van der Waals surface area contributed by atoms with Crippen LogP contribution in [0.1, 0.15) is 34.6 Å². The highest BCUT2D eigenvalue weighted by Gasteiger charge is 2.14. The standard InChI is InChI=1S/C18H18N2O6/c1-3-25-17(23)13-9-11(5-7-15(13)21)19-20-12-6-8-16(22)14(10-12)18(24)26-4-2/h5-10,21-22H,3-4H2,1-2H3. The number of azo groups is 1. The van der Waals surface area contributed by atoms with Crippen molar-refractivity contribution in [2.45, 2.75) is 13.8 Å². The summed E-state index contributed by atoms with van der Waals surface area (Å²) < 4.78 is 9.71. The molecule has 0 saturated carbocycles. The first-order valence-electron chi connectivity index (χ1n) is 7.88. The second-order valence-electron chi connectivity index (χ2n) is 5.04. The molecule has 0 amide bonds. The number of carbonyl (C=O) groups excluding carboxylic acids is 2. The van der Waals surface area contributed by atoms with E-state index in [2.05, 4.69) is 10.2 Å². The first-order valence-corrected chi connectivity index (χ1v) is 7.88. The van der Waals surface area contributed by atoms with Gasteiger partial charge in [-0.3, -0.25) is 0 Å². The second-order valence-corrected chi connectivity index (χ2v) is 5.04. The summed E-state index contributed by atoms with van der Waals surface area (Å²) in [4.78, 5) is 23.6. The lowest BCUT2D eigenvalue weighted by Gasteiger charge is -2.05. The topological polar surface area (TPSA) is 118 Å². The summed E-state index contributed by atoms with van der Waals surface area (Å²) in [7, 11) is 0. The van der Waals surface area contributed by atoms with E-state index in [0.717, 1.165) is 0 Å². The van der Waals surface area contributed by atoms with Crippen LogP contribution in [0.4, 0.5) is 11.4 Å². The molecule has 8 heteroatoms. The van der Waals surface area contributed by atoms with Crippen molar-refractivity contribution in [2.75, 3.05) is 13.2 Å². The van der Waals surface area contributed by atoms with Gasteiger partial charge in [0.25, 0.3) is 0 Å². The fraction of sp³-hybridized carbons (Fsp3) is 0.222. The van der Waals surface area contributed by atoms with Crippen LogP contribution in [0, 0.1) is 0 Å². The Hall–Kier alpha value is -3.42. The molecule has 2 aromatic carbocycles. The summed E-state index contributed by atoms with van der Waals surface area (Å²) in [5.74, 6) is -1.79. The van der Waals surface area contributed by atoms with Gasteiger partial charge >= 0.3 is 11.9 Å². The molecule has 2 N–H and O–H groups in total. The van der Waals surface area contributed by atoms with Gasteiger partial charge in [0, 0.05) is 0 Å². The summed E-state index contributed by atoms with van der Waals surface area (Å²) in [5, 5.41) is 27.4.